The SMILES string of the molecule is COc1ccc(/C=N/NS(=O)(=O)c2c(C)cc(C)cc2C)c(Cl)c1OC. The molecule has 0 atom stereocenters. The molecule has 0 aliphatic rings. The summed E-state index contributed by atoms with van der Waals surface area (Å²) in [5.74, 6) is 0.826. The molecular formula is C18H21ClN2O4S. The van der Waals surface area contributed by atoms with Crippen LogP contribution in [0.15, 0.2) is 34.3 Å². The van der Waals surface area contributed by atoms with Crippen LogP contribution in [0.25, 0.3) is 0 Å². The lowest BCUT2D eigenvalue weighted by Crippen LogP contribution is -2.20. The normalized spacial score (nSPS) is 11.6. The fourth-order valence-corrected chi connectivity index (χ4v) is 4.34. The Labute approximate surface area is 158 Å². The van der Waals surface area contributed by atoms with Gasteiger partial charge >= 0.3 is 0 Å². The Bertz CT molecular complexity index is 933. The number of aryl methyl sites for hydroxylation is 3. The number of hydrogen-bond donors (Lipinski definition) is 1. The molecule has 140 valence electrons. The van der Waals surface area contributed by atoms with Crippen molar-refractivity contribution in [2.45, 2.75) is 25.7 Å². The fourth-order valence-electron chi connectivity index (χ4n) is 2.81. The van der Waals surface area contributed by atoms with Crippen molar-refractivity contribution in [2.75, 3.05) is 14.2 Å². The first kappa shape index (κ1) is 20.1. The molecule has 2 aromatic rings. The molecule has 0 aromatic heterocycles. The predicted molar refractivity (Wildman–Crippen MR) is 103 cm³/mol. The van der Waals surface area contributed by atoms with Crippen molar-refractivity contribution in [2.24, 2.45) is 5.10 Å². The maximum atomic E-state index is 12.6. The Morgan fingerprint density at radius 3 is 2.23 bits per heavy atom. The number of halogens is 1. The summed E-state index contributed by atoms with van der Waals surface area (Å²) in [5, 5.41) is 4.12. The van der Waals surface area contributed by atoms with Crippen molar-refractivity contribution in [3.63, 3.8) is 0 Å². The van der Waals surface area contributed by atoms with Gasteiger partial charge in [0.15, 0.2) is 11.5 Å². The van der Waals surface area contributed by atoms with Crippen molar-refractivity contribution >= 4 is 27.8 Å². The minimum atomic E-state index is -3.80. The Kier molecular flexibility index (Phi) is 6.15. The van der Waals surface area contributed by atoms with Gasteiger partial charge in [0.2, 0.25) is 0 Å². The highest BCUT2D eigenvalue weighted by atomic mass is 35.5. The van der Waals surface area contributed by atoms with E-state index >= 15 is 0 Å². The quantitative estimate of drug-likeness (QED) is 0.597. The van der Waals surface area contributed by atoms with Crippen LogP contribution in [-0.4, -0.2) is 28.9 Å². The molecule has 0 unspecified atom stereocenters. The summed E-state index contributed by atoms with van der Waals surface area (Å²) in [7, 11) is -0.826. The van der Waals surface area contributed by atoms with E-state index in [1.54, 1.807) is 26.0 Å². The number of benzene rings is 2. The van der Waals surface area contributed by atoms with Crippen LogP contribution >= 0.6 is 11.6 Å². The molecule has 0 aliphatic carbocycles. The van der Waals surface area contributed by atoms with Crippen LogP contribution in [0.1, 0.15) is 22.3 Å². The second kappa shape index (κ2) is 7.97. The molecule has 0 amide bonds. The number of sulfonamides is 1. The van der Waals surface area contributed by atoms with Gasteiger partial charge < -0.3 is 9.47 Å². The van der Waals surface area contributed by atoms with E-state index in [2.05, 4.69) is 9.93 Å². The Hall–Kier alpha value is -2.25. The topological polar surface area (TPSA) is 77.0 Å². The molecule has 2 rings (SSSR count). The van der Waals surface area contributed by atoms with E-state index in [4.69, 9.17) is 21.1 Å². The van der Waals surface area contributed by atoms with Crippen LogP contribution < -0.4 is 14.3 Å². The fraction of sp³-hybridized carbons (Fsp3) is 0.278. The van der Waals surface area contributed by atoms with E-state index in [1.165, 1.54) is 20.4 Å². The van der Waals surface area contributed by atoms with Gasteiger partial charge in [-0.1, -0.05) is 29.3 Å². The third kappa shape index (κ3) is 4.11. The maximum absolute atomic E-state index is 12.6. The third-order valence-electron chi connectivity index (χ3n) is 3.76. The first-order valence-corrected chi connectivity index (χ1v) is 9.60. The molecule has 0 aliphatic heterocycles. The minimum absolute atomic E-state index is 0.221. The van der Waals surface area contributed by atoms with Gasteiger partial charge in [-0.15, -0.1) is 0 Å². The lowest BCUT2D eigenvalue weighted by molar-refractivity contribution is 0.355. The van der Waals surface area contributed by atoms with Gasteiger partial charge in [0.05, 0.1) is 30.4 Å². The number of rotatable bonds is 6. The molecule has 2 aromatic carbocycles. The summed E-state index contributed by atoms with van der Waals surface area (Å²) in [6.07, 6.45) is 1.32. The van der Waals surface area contributed by atoms with Crippen molar-refractivity contribution in [1.29, 1.82) is 0 Å². The molecule has 0 saturated heterocycles. The van der Waals surface area contributed by atoms with Crippen molar-refractivity contribution in [1.82, 2.24) is 4.83 Å². The van der Waals surface area contributed by atoms with Crippen LogP contribution in [0.3, 0.4) is 0 Å². The molecule has 1 N–H and O–H groups in total. The van der Waals surface area contributed by atoms with E-state index in [0.29, 0.717) is 28.2 Å². The summed E-state index contributed by atoms with van der Waals surface area (Å²) >= 11 is 6.25. The third-order valence-corrected chi connectivity index (χ3v) is 5.68. The predicted octanol–water partition coefficient (Wildman–Crippen LogP) is 3.59. The van der Waals surface area contributed by atoms with Gasteiger partial charge in [0, 0.05) is 5.56 Å². The minimum Gasteiger partial charge on any atom is -0.493 e. The molecule has 0 heterocycles. The van der Waals surface area contributed by atoms with Crippen molar-refractivity contribution in [3.05, 3.63) is 51.5 Å². The summed E-state index contributed by atoms with van der Waals surface area (Å²) in [5.41, 5.74) is 2.81. The Morgan fingerprint density at radius 1 is 1.08 bits per heavy atom. The van der Waals surface area contributed by atoms with E-state index in [9.17, 15) is 8.42 Å². The average molecular weight is 397 g/mol. The highest BCUT2D eigenvalue weighted by Gasteiger charge is 2.19. The number of methoxy groups -OCH3 is 2. The average Bonchev–Trinajstić information content (AvgIpc) is 2.54. The molecule has 0 fully saturated rings. The van der Waals surface area contributed by atoms with Crippen LogP contribution in [0.5, 0.6) is 11.5 Å². The lowest BCUT2D eigenvalue weighted by Gasteiger charge is -2.12. The van der Waals surface area contributed by atoms with Crippen LogP contribution in [0.4, 0.5) is 0 Å². The van der Waals surface area contributed by atoms with Gasteiger partial charge in [0.25, 0.3) is 10.0 Å². The molecular weight excluding hydrogens is 376 g/mol. The van der Waals surface area contributed by atoms with Crippen molar-refractivity contribution < 1.29 is 17.9 Å². The van der Waals surface area contributed by atoms with Gasteiger partial charge in [0.1, 0.15) is 0 Å². The number of nitrogens with one attached hydrogen (secondary N) is 1. The zero-order valence-corrected chi connectivity index (χ0v) is 16.8. The van der Waals surface area contributed by atoms with E-state index < -0.39 is 10.0 Å². The monoisotopic (exact) mass is 396 g/mol. The zero-order valence-electron chi connectivity index (χ0n) is 15.3. The summed E-state index contributed by atoms with van der Waals surface area (Å²) in [6, 6.07) is 6.95. The molecule has 0 spiro atoms. The zero-order chi connectivity index (χ0) is 19.5. The standard InChI is InChI=1S/C18H21ClN2O4S/c1-11-8-12(2)18(13(3)9-11)26(22,23)21-20-10-14-6-7-15(24-4)17(25-5)16(14)19/h6-10,21H,1-5H3/b20-10+. The number of hydrogen-bond acceptors (Lipinski definition) is 5. The molecule has 0 saturated carbocycles. The maximum Gasteiger partial charge on any atom is 0.277 e. The van der Waals surface area contributed by atoms with Crippen LogP contribution in [0, 0.1) is 20.8 Å². The highest BCUT2D eigenvalue weighted by molar-refractivity contribution is 7.89. The Balaban J connectivity index is 2.31. The van der Waals surface area contributed by atoms with Gasteiger partial charge in [-0.3, -0.25) is 0 Å². The van der Waals surface area contributed by atoms with E-state index in [-0.39, 0.29) is 9.92 Å². The van der Waals surface area contributed by atoms with Crippen LogP contribution in [-0.2, 0) is 10.0 Å². The lowest BCUT2D eigenvalue weighted by atomic mass is 10.1. The summed E-state index contributed by atoms with van der Waals surface area (Å²) in [4.78, 5) is 2.45. The largest absolute Gasteiger partial charge is 0.493 e. The summed E-state index contributed by atoms with van der Waals surface area (Å²) < 4.78 is 35.5. The first-order valence-electron chi connectivity index (χ1n) is 7.74. The molecule has 8 heteroatoms. The number of ether oxygens (including phenoxy) is 2. The first-order chi connectivity index (χ1) is 12.2. The number of nitrogens with zero attached hydrogens (tertiary/aromatic N) is 1. The smallest absolute Gasteiger partial charge is 0.277 e. The second-order valence-corrected chi connectivity index (χ2v) is 7.76. The molecule has 26 heavy (non-hydrogen) atoms. The molecule has 0 bridgehead atoms. The van der Waals surface area contributed by atoms with Crippen molar-refractivity contribution in [3.8, 4) is 11.5 Å². The van der Waals surface area contributed by atoms with Gasteiger partial charge in [-0.2, -0.15) is 13.5 Å². The van der Waals surface area contributed by atoms with Gasteiger partial charge in [-0.05, 0) is 44.0 Å². The molecule has 0 radical (unpaired) electrons. The van der Waals surface area contributed by atoms with Gasteiger partial charge in [-0.25, -0.2) is 4.83 Å². The summed E-state index contributed by atoms with van der Waals surface area (Å²) in [6.45, 7) is 5.42. The van der Waals surface area contributed by atoms with E-state index in [0.717, 1.165) is 5.56 Å². The number of hydrazone groups is 1. The Morgan fingerprint density at radius 2 is 1.69 bits per heavy atom. The molecule has 6 nitrogen and oxygen atoms in total. The highest BCUT2D eigenvalue weighted by Crippen LogP contribution is 2.36. The van der Waals surface area contributed by atoms with E-state index in [1.807, 2.05) is 19.1 Å². The van der Waals surface area contributed by atoms with Crippen LogP contribution in [0.2, 0.25) is 5.02 Å². The second-order valence-electron chi connectivity index (χ2n) is 5.79.